The van der Waals surface area contributed by atoms with Crippen molar-refractivity contribution in [1.29, 1.82) is 0 Å². The van der Waals surface area contributed by atoms with E-state index in [0.717, 1.165) is 18.5 Å². The van der Waals surface area contributed by atoms with E-state index in [1.54, 1.807) is 42.5 Å². The summed E-state index contributed by atoms with van der Waals surface area (Å²) in [7, 11) is 0. The summed E-state index contributed by atoms with van der Waals surface area (Å²) in [6, 6.07) is 13.5. The van der Waals surface area contributed by atoms with Crippen LogP contribution in [0.4, 0.5) is 10.1 Å². The molecule has 0 bridgehead atoms. The standard InChI is InChI=1S/C19H20FN3O2/c20-17-4-2-1-3-14(17)11-22-19(25)13-5-7-15(8-6-13)21-12-18(24)23-16-9-10-16/h1-8,16,21H,9-12H2,(H,22,25)(H,23,24). The van der Waals surface area contributed by atoms with Crippen molar-refractivity contribution in [2.75, 3.05) is 11.9 Å². The van der Waals surface area contributed by atoms with Crippen molar-refractivity contribution in [2.24, 2.45) is 0 Å². The predicted molar refractivity (Wildman–Crippen MR) is 93.7 cm³/mol. The van der Waals surface area contributed by atoms with Crippen molar-refractivity contribution < 1.29 is 14.0 Å². The van der Waals surface area contributed by atoms with Gasteiger partial charge < -0.3 is 16.0 Å². The van der Waals surface area contributed by atoms with Crippen LogP contribution in [-0.2, 0) is 11.3 Å². The van der Waals surface area contributed by atoms with Gasteiger partial charge in [0.15, 0.2) is 0 Å². The normalized spacial score (nSPS) is 13.2. The maximum Gasteiger partial charge on any atom is 0.251 e. The molecule has 0 saturated heterocycles. The smallest absolute Gasteiger partial charge is 0.251 e. The second-order valence-electron chi connectivity index (χ2n) is 6.05. The molecule has 0 unspecified atom stereocenters. The summed E-state index contributed by atoms with van der Waals surface area (Å²) >= 11 is 0. The average Bonchev–Trinajstić information content (AvgIpc) is 3.43. The van der Waals surface area contributed by atoms with Gasteiger partial charge in [0.25, 0.3) is 5.91 Å². The molecule has 1 aliphatic rings. The zero-order valence-electron chi connectivity index (χ0n) is 13.7. The number of benzene rings is 2. The van der Waals surface area contributed by atoms with Crippen LogP contribution in [0.1, 0.15) is 28.8 Å². The van der Waals surface area contributed by atoms with Crippen LogP contribution in [0.5, 0.6) is 0 Å². The van der Waals surface area contributed by atoms with Crippen molar-refractivity contribution in [3.63, 3.8) is 0 Å². The molecule has 0 spiro atoms. The Hall–Kier alpha value is -2.89. The lowest BCUT2D eigenvalue weighted by Crippen LogP contribution is -2.31. The fourth-order valence-electron chi connectivity index (χ4n) is 2.35. The van der Waals surface area contributed by atoms with Crippen molar-refractivity contribution in [2.45, 2.75) is 25.4 Å². The molecule has 3 rings (SSSR count). The zero-order chi connectivity index (χ0) is 17.6. The molecule has 2 aromatic carbocycles. The van der Waals surface area contributed by atoms with Crippen molar-refractivity contribution in [3.05, 3.63) is 65.5 Å². The number of rotatable bonds is 7. The van der Waals surface area contributed by atoms with Gasteiger partial charge in [-0.1, -0.05) is 18.2 Å². The lowest BCUT2D eigenvalue weighted by molar-refractivity contribution is -0.119. The van der Waals surface area contributed by atoms with Crippen LogP contribution in [0.3, 0.4) is 0 Å². The first-order valence-corrected chi connectivity index (χ1v) is 8.27. The van der Waals surface area contributed by atoms with Crippen molar-refractivity contribution >= 4 is 17.5 Å². The molecule has 2 amide bonds. The second-order valence-corrected chi connectivity index (χ2v) is 6.05. The SMILES string of the molecule is O=C(CNc1ccc(C(=O)NCc2ccccc2F)cc1)NC1CC1. The van der Waals surface area contributed by atoms with Gasteiger partial charge in [-0.05, 0) is 43.2 Å². The minimum absolute atomic E-state index is 0.0331. The molecule has 0 aliphatic heterocycles. The van der Waals surface area contributed by atoms with E-state index in [2.05, 4.69) is 16.0 Å². The van der Waals surface area contributed by atoms with Crippen LogP contribution in [0.2, 0.25) is 0 Å². The molecule has 25 heavy (non-hydrogen) atoms. The van der Waals surface area contributed by atoms with Crippen LogP contribution in [-0.4, -0.2) is 24.4 Å². The van der Waals surface area contributed by atoms with E-state index in [9.17, 15) is 14.0 Å². The molecular weight excluding hydrogens is 321 g/mol. The number of hydrogen-bond donors (Lipinski definition) is 3. The third-order valence-corrected chi connectivity index (χ3v) is 3.94. The molecule has 3 N–H and O–H groups in total. The van der Waals surface area contributed by atoms with Gasteiger partial charge in [0.2, 0.25) is 5.91 Å². The Morgan fingerprint density at radius 3 is 2.44 bits per heavy atom. The summed E-state index contributed by atoms with van der Waals surface area (Å²) in [5, 5.41) is 8.60. The van der Waals surface area contributed by atoms with Gasteiger partial charge in [-0.25, -0.2) is 4.39 Å². The van der Waals surface area contributed by atoms with E-state index in [1.165, 1.54) is 6.07 Å². The number of amides is 2. The number of anilines is 1. The van der Waals surface area contributed by atoms with E-state index in [-0.39, 0.29) is 30.7 Å². The molecule has 1 aliphatic carbocycles. The third kappa shape index (κ3) is 5.04. The van der Waals surface area contributed by atoms with Crippen LogP contribution in [0, 0.1) is 5.82 Å². The first kappa shape index (κ1) is 17.0. The Labute approximate surface area is 145 Å². The highest BCUT2D eigenvalue weighted by molar-refractivity contribution is 5.94. The predicted octanol–water partition coefficient (Wildman–Crippen LogP) is 2.45. The molecule has 130 valence electrons. The maximum absolute atomic E-state index is 13.5. The maximum atomic E-state index is 13.5. The van der Waals surface area contributed by atoms with Gasteiger partial charge in [-0.3, -0.25) is 9.59 Å². The molecule has 0 radical (unpaired) electrons. The topological polar surface area (TPSA) is 70.2 Å². The van der Waals surface area contributed by atoms with Gasteiger partial charge in [-0.15, -0.1) is 0 Å². The highest BCUT2D eigenvalue weighted by Crippen LogP contribution is 2.18. The molecule has 5 nitrogen and oxygen atoms in total. The Bertz CT molecular complexity index is 758. The monoisotopic (exact) mass is 341 g/mol. The van der Waals surface area contributed by atoms with Crippen LogP contribution in [0.25, 0.3) is 0 Å². The number of carbonyl (C=O) groups excluding carboxylic acids is 2. The van der Waals surface area contributed by atoms with Gasteiger partial charge in [0, 0.05) is 29.4 Å². The van der Waals surface area contributed by atoms with E-state index in [1.807, 2.05) is 0 Å². The molecule has 0 aromatic heterocycles. The van der Waals surface area contributed by atoms with Gasteiger partial charge in [-0.2, -0.15) is 0 Å². The van der Waals surface area contributed by atoms with E-state index < -0.39 is 0 Å². The van der Waals surface area contributed by atoms with Gasteiger partial charge >= 0.3 is 0 Å². The highest BCUT2D eigenvalue weighted by Gasteiger charge is 2.22. The first-order chi connectivity index (χ1) is 12.1. The van der Waals surface area contributed by atoms with E-state index in [0.29, 0.717) is 17.2 Å². The molecule has 1 saturated carbocycles. The lowest BCUT2D eigenvalue weighted by atomic mass is 10.1. The number of carbonyl (C=O) groups is 2. The Kier molecular flexibility index (Phi) is 5.28. The Morgan fingerprint density at radius 1 is 1.04 bits per heavy atom. The summed E-state index contributed by atoms with van der Waals surface area (Å²) in [5.41, 5.74) is 1.68. The van der Waals surface area contributed by atoms with Gasteiger partial charge in [0.05, 0.1) is 6.54 Å². The fraction of sp³-hybridized carbons (Fsp3) is 0.263. The highest BCUT2D eigenvalue weighted by atomic mass is 19.1. The molecule has 6 heteroatoms. The summed E-state index contributed by atoms with van der Waals surface area (Å²) in [4.78, 5) is 23.7. The second kappa shape index (κ2) is 7.79. The van der Waals surface area contributed by atoms with Crippen molar-refractivity contribution in [3.8, 4) is 0 Å². The zero-order valence-corrected chi connectivity index (χ0v) is 13.7. The largest absolute Gasteiger partial charge is 0.376 e. The number of hydrogen-bond acceptors (Lipinski definition) is 3. The Morgan fingerprint density at radius 2 is 1.76 bits per heavy atom. The fourth-order valence-corrected chi connectivity index (χ4v) is 2.35. The summed E-state index contributed by atoms with van der Waals surface area (Å²) in [6.07, 6.45) is 2.12. The number of nitrogens with one attached hydrogen (secondary N) is 3. The molecule has 2 aromatic rings. The molecule has 0 heterocycles. The molecule has 0 atom stereocenters. The summed E-state index contributed by atoms with van der Waals surface area (Å²) in [5.74, 6) is -0.651. The molecule has 1 fully saturated rings. The van der Waals surface area contributed by atoms with Gasteiger partial charge in [0.1, 0.15) is 5.82 Å². The summed E-state index contributed by atoms with van der Waals surface area (Å²) in [6.45, 7) is 0.335. The van der Waals surface area contributed by atoms with Crippen LogP contribution >= 0.6 is 0 Å². The van der Waals surface area contributed by atoms with E-state index >= 15 is 0 Å². The summed E-state index contributed by atoms with van der Waals surface area (Å²) < 4.78 is 13.5. The minimum Gasteiger partial charge on any atom is -0.376 e. The molecular formula is C19H20FN3O2. The van der Waals surface area contributed by atoms with E-state index in [4.69, 9.17) is 0 Å². The average molecular weight is 341 g/mol. The quantitative estimate of drug-likeness (QED) is 0.724. The lowest BCUT2D eigenvalue weighted by Gasteiger charge is -2.09. The minimum atomic E-state index is -0.341. The third-order valence-electron chi connectivity index (χ3n) is 3.94. The van der Waals surface area contributed by atoms with Crippen LogP contribution < -0.4 is 16.0 Å². The van der Waals surface area contributed by atoms with Crippen LogP contribution in [0.15, 0.2) is 48.5 Å². The van der Waals surface area contributed by atoms with Crippen molar-refractivity contribution in [1.82, 2.24) is 10.6 Å². The number of halogens is 1. The Balaban J connectivity index is 1.48. The first-order valence-electron chi connectivity index (χ1n) is 8.27.